The number of anilines is 1. The Bertz CT molecular complexity index is 385. The number of halogens is 1. The molecule has 1 rings (SSSR count). The highest BCUT2D eigenvalue weighted by Crippen LogP contribution is 2.26. The summed E-state index contributed by atoms with van der Waals surface area (Å²) in [7, 11) is 0. The molecule has 0 saturated carbocycles. The Kier molecular flexibility index (Phi) is 3.61. The van der Waals surface area contributed by atoms with E-state index in [1.807, 2.05) is 13.8 Å². The fourth-order valence-corrected chi connectivity index (χ4v) is 1.33. The summed E-state index contributed by atoms with van der Waals surface area (Å²) in [6.07, 6.45) is 1.12. The van der Waals surface area contributed by atoms with Crippen LogP contribution in [-0.2, 0) is 4.79 Å². The fraction of sp³-hybridized carbons (Fsp3) is 0.250. The number of rotatable bonds is 3. The van der Waals surface area contributed by atoms with Crippen LogP contribution in [0.15, 0.2) is 30.9 Å². The Morgan fingerprint density at radius 3 is 2.73 bits per heavy atom. The van der Waals surface area contributed by atoms with Crippen molar-refractivity contribution in [2.24, 2.45) is 0 Å². The highest BCUT2D eigenvalue weighted by molar-refractivity contribution is 5.99. The number of carbonyl (C=O) groups excluding carboxylic acids is 1. The van der Waals surface area contributed by atoms with Crippen LogP contribution in [0.25, 0.3) is 0 Å². The molecule has 1 N–H and O–H groups in total. The predicted octanol–water partition coefficient (Wildman–Crippen LogP) is 3.07. The lowest BCUT2D eigenvalue weighted by Gasteiger charge is -2.13. The van der Waals surface area contributed by atoms with Crippen LogP contribution < -0.4 is 5.32 Å². The lowest BCUT2D eigenvalue weighted by Crippen LogP contribution is -2.11. The lowest BCUT2D eigenvalue weighted by atomic mass is 10.0. The SMILES string of the molecule is C=CC(=O)Nc1c(F)cccc1C(C)C. The summed E-state index contributed by atoms with van der Waals surface area (Å²) in [5.41, 5.74) is 1.03. The summed E-state index contributed by atoms with van der Waals surface area (Å²) in [5.74, 6) is -0.667. The summed E-state index contributed by atoms with van der Waals surface area (Å²) in [5, 5.41) is 2.48. The third kappa shape index (κ3) is 2.65. The minimum absolute atomic E-state index is 0.154. The van der Waals surface area contributed by atoms with Gasteiger partial charge in [-0.2, -0.15) is 0 Å². The van der Waals surface area contributed by atoms with Gasteiger partial charge >= 0.3 is 0 Å². The normalized spacial score (nSPS) is 10.1. The molecule has 3 heteroatoms. The van der Waals surface area contributed by atoms with E-state index in [9.17, 15) is 9.18 Å². The summed E-state index contributed by atoms with van der Waals surface area (Å²) in [4.78, 5) is 11.1. The molecule has 80 valence electrons. The largest absolute Gasteiger partial charge is 0.320 e. The molecule has 0 bridgehead atoms. The number of nitrogens with one attached hydrogen (secondary N) is 1. The summed E-state index contributed by atoms with van der Waals surface area (Å²) < 4.78 is 13.5. The van der Waals surface area contributed by atoms with Crippen LogP contribution >= 0.6 is 0 Å². The van der Waals surface area contributed by atoms with Gasteiger partial charge in [-0.25, -0.2) is 4.39 Å². The van der Waals surface area contributed by atoms with E-state index < -0.39 is 11.7 Å². The van der Waals surface area contributed by atoms with E-state index in [0.717, 1.165) is 11.6 Å². The van der Waals surface area contributed by atoms with Gasteiger partial charge in [-0.15, -0.1) is 0 Å². The standard InChI is InChI=1S/C12H14FNO/c1-4-11(15)14-12-9(8(2)3)6-5-7-10(12)13/h4-8H,1H2,2-3H3,(H,14,15). The van der Waals surface area contributed by atoms with Gasteiger partial charge in [0.2, 0.25) is 5.91 Å². The first-order valence-electron chi connectivity index (χ1n) is 4.78. The number of para-hydroxylation sites is 1. The number of amides is 1. The number of hydrogen-bond acceptors (Lipinski definition) is 1. The van der Waals surface area contributed by atoms with Crippen molar-refractivity contribution >= 4 is 11.6 Å². The van der Waals surface area contributed by atoms with Gasteiger partial charge in [-0.05, 0) is 23.6 Å². The Morgan fingerprint density at radius 1 is 1.53 bits per heavy atom. The van der Waals surface area contributed by atoms with Crippen LogP contribution in [0, 0.1) is 5.82 Å². The molecule has 1 aromatic rings. The zero-order valence-corrected chi connectivity index (χ0v) is 8.88. The smallest absolute Gasteiger partial charge is 0.247 e. The van der Waals surface area contributed by atoms with E-state index in [1.54, 1.807) is 12.1 Å². The van der Waals surface area contributed by atoms with Crippen LogP contribution in [0.3, 0.4) is 0 Å². The molecular formula is C12H14FNO. The summed E-state index contributed by atoms with van der Waals surface area (Å²) in [6.45, 7) is 7.21. The predicted molar refractivity (Wildman–Crippen MR) is 59.3 cm³/mol. The van der Waals surface area contributed by atoms with Crippen LogP contribution in [0.4, 0.5) is 10.1 Å². The van der Waals surface area contributed by atoms with E-state index in [-0.39, 0.29) is 11.6 Å². The van der Waals surface area contributed by atoms with E-state index in [0.29, 0.717) is 0 Å². The van der Waals surface area contributed by atoms with Crippen molar-refractivity contribution in [1.82, 2.24) is 0 Å². The van der Waals surface area contributed by atoms with Gasteiger partial charge in [0.05, 0.1) is 5.69 Å². The Hall–Kier alpha value is -1.64. The molecule has 0 unspecified atom stereocenters. The van der Waals surface area contributed by atoms with Crippen molar-refractivity contribution in [2.45, 2.75) is 19.8 Å². The van der Waals surface area contributed by atoms with Crippen molar-refractivity contribution in [2.75, 3.05) is 5.32 Å². The third-order valence-electron chi connectivity index (χ3n) is 2.10. The maximum absolute atomic E-state index is 13.5. The molecule has 1 amide bonds. The van der Waals surface area contributed by atoms with Crippen molar-refractivity contribution in [3.8, 4) is 0 Å². The molecule has 1 aromatic carbocycles. The monoisotopic (exact) mass is 207 g/mol. The topological polar surface area (TPSA) is 29.1 Å². The number of hydrogen-bond donors (Lipinski definition) is 1. The summed E-state index contributed by atoms with van der Waals surface area (Å²) >= 11 is 0. The van der Waals surface area contributed by atoms with E-state index >= 15 is 0 Å². The molecule has 0 aliphatic rings. The van der Waals surface area contributed by atoms with Crippen molar-refractivity contribution in [3.63, 3.8) is 0 Å². The molecule has 15 heavy (non-hydrogen) atoms. The van der Waals surface area contributed by atoms with Gasteiger partial charge in [-0.3, -0.25) is 4.79 Å². The second-order valence-corrected chi connectivity index (χ2v) is 3.55. The van der Waals surface area contributed by atoms with Crippen molar-refractivity contribution in [3.05, 3.63) is 42.2 Å². The van der Waals surface area contributed by atoms with E-state index in [4.69, 9.17) is 0 Å². The van der Waals surface area contributed by atoms with Gasteiger partial charge in [0, 0.05) is 0 Å². The Labute approximate surface area is 88.8 Å². The van der Waals surface area contributed by atoms with Gasteiger partial charge in [0.1, 0.15) is 5.82 Å². The molecule has 0 atom stereocenters. The molecule has 0 aromatic heterocycles. The Morgan fingerprint density at radius 2 is 2.20 bits per heavy atom. The molecule has 0 aliphatic heterocycles. The highest BCUT2D eigenvalue weighted by Gasteiger charge is 2.12. The first-order chi connectivity index (χ1) is 7.06. The van der Waals surface area contributed by atoms with Gasteiger partial charge in [-0.1, -0.05) is 32.6 Å². The van der Waals surface area contributed by atoms with Gasteiger partial charge in [0.15, 0.2) is 0 Å². The first-order valence-corrected chi connectivity index (χ1v) is 4.78. The van der Waals surface area contributed by atoms with Crippen LogP contribution in [0.1, 0.15) is 25.3 Å². The van der Waals surface area contributed by atoms with E-state index in [2.05, 4.69) is 11.9 Å². The third-order valence-corrected chi connectivity index (χ3v) is 2.10. The quantitative estimate of drug-likeness (QED) is 0.758. The van der Waals surface area contributed by atoms with Gasteiger partial charge < -0.3 is 5.32 Å². The molecule has 0 aliphatic carbocycles. The summed E-state index contributed by atoms with van der Waals surface area (Å²) in [6, 6.07) is 4.76. The lowest BCUT2D eigenvalue weighted by molar-refractivity contribution is -0.111. The average Bonchev–Trinajstić information content (AvgIpc) is 2.20. The van der Waals surface area contributed by atoms with Crippen LogP contribution in [0.2, 0.25) is 0 Å². The minimum Gasteiger partial charge on any atom is -0.320 e. The van der Waals surface area contributed by atoms with Gasteiger partial charge in [0.25, 0.3) is 0 Å². The molecule has 2 nitrogen and oxygen atoms in total. The first kappa shape index (κ1) is 11.4. The number of benzene rings is 1. The van der Waals surface area contributed by atoms with Crippen molar-refractivity contribution in [1.29, 1.82) is 0 Å². The maximum Gasteiger partial charge on any atom is 0.247 e. The zero-order chi connectivity index (χ0) is 11.4. The second-order valence-electron chi connectivity index (χ2n) is 3.55. The molecule has 0 fully saturated rings. The van der Waals surface area contributed by atoms with Crippen LogP contribution in [0.5, 0.6) is 0 Å². The van der Waals surface area contributed by atoms with Crippen molar-refractivity contribution < 1.29 is 9.18 Å². The highest BCUT2D eigenvalue weighted by atomic mass is 19.1. The fourth-order valence-electron chi connectivity index (χ4n) is 1.33. The Balaban J connectivity index is 3.12. The molecular weight excluding hydrogens is 193 g/mol. The second kappa shape index (κ2) is 4.73. The van der Waals surface area contributed by atoms with Crippen LogP contribution in [-0.4, -0.2) is 5.91 Å². The zero-order valence-electron chi connectivity index (χ0n) is 8.88. The number of carbonyl (C=O) groups is 1. The average molecular weight is 207 g/mol. The molecule has 0 spiro atoms. The minimum atomic E-state index is -0.420. The van der Waals surface area contributed by atoms with E-state index in [1.165, 1.54) is 6.07 Å². The maximum atomic E-state index is 13.5. The molecule has 0 radical (unpaired) electrons. The molecule has 0 heterocycles. The molecule has 0 saturated heterocycles.